The van der Waals surface area contributed by atoms with Gasteiger partial charge in [0.15, 0.2) is 0 Å². The van der Waals surface area contributed by atoms with Crippen molar-refractivity contribution in [2.45, 2.75) is 19.3 Å². The molecule has 0 aromatic rings. The van der Waals surface area contributed by atoms with Crippen LogP contribution >= 0.6 is 0 Å². The molecule has 12 heavy (non-hydrogen) atoms. The van der Waals surface area contributed by atoms with E-state index in [9.17, 15) is 4.79 Å². The summed E-state index contributed by atoms with van der Waals surface area (Å²) < 4.78 is 0. The predicted octanol–water partition coefficient (Wildman–Crippen LogP) is 0.224. The molecule has 0 aromatic heterocycles. The van der Waals surface area contributed by atoms with Gasteiger partial charge in [0.25, 0.3) is 0 Å². The molecule has 0 spiro atoms. The topological polar surface area (TPSA) is 52.6 Å². The molecule has 0 unspecified atom stereocenters. The Hall–Kier alpha value is -0.610. The highest BCUT2D eigenvalue weighted by Gasteiger charge is 2.18. The van der Waals surface area contributed by atoms with Gasteiger partial charge in [-0.2, -0.15) is 0 Å². The zero-order valence-corrected chi connectivity index (χ0v) is 7.42. The molecule has 70 valence electrons. The summed E-state index contributed by atoms with van der Waals surface area (Å²) in [6, 6.07) is 0. The minimum absolute atomic E-state index is 0.260. The monoisotopic (exact) mass is 172 g/mol. The third-order valence-electron chi connectivity index (χ3n) is 2.44. The van der Waals surface area contributed by atoms with Crippen LogP contribution in [-0.2, 0) is 4.79 Å². The van der Waals surface area contributed by atoms with Gasteiger partial charge in [0, 0.05) is 6.42 Å². The molecule has 1 rings (SSSR count). The van der Waals surface area contributed by atoms with Gasteiger partial charge in [0.2, 0.25) is 5.91 Å². The van der Waals surface area contributed by atoms with Gasteiger partial charge < -0.3 is 4.90 Å². The van der Waals surface area contributed by atoms with Crippen LogP contribution in [0.3, 0.4) is 0 Å². The fourth-order valence-corrected chi connectivity index (χ4v) is 1.57. The van der Waals surface area contributed by atoms with Crippen LogP contribution in [0.4, 0.5) is 0 Å². The molecule has 0 saturated carbocycles. The highest BCUT2D eigenvalue weighted by atomic mass is 16.5. The van der Waals surface area contributed by atoms with E-state index in [-0.39, 0.29) is 5.91 Å². The van der Waals surface area contributed by atoms with E-state index in [1.165, 1.54) is 0 Å². The number of amides is 1. The summed E-state index contributed by atoms with van der Waals surface area (Å²) in [5, 5.41) is 8.31. The molecule has 2 N–H and O–H groups in total. The van der Waals surface area contributed by atoms with E-state index in [4.69, 9.17) is 5.21 Å². The Morgan fingerprint density at radius 1 is 1.58 bits per heavy atom. The Bertz CT molecular complexity index is 153. The van der Waals surface area contributed by atoms with Gasteiger partial charge in [-0.15, -0.1) is 0 Å². The molecule has 0 radical (unpaired) electrons. The summed E-state index contributed by atoms with van der Waals surface area (Å²) in [5.41, 5.74) is 1.67. The van der Waals surface area contributed by atoms with Crippen molar-refractivity contribution in [2.75, 3.05) is 20.1 Å². The van der Waals surface area contributed by atoms with Crippen molar-refractivity contribution in [1.29, 1.82) is 0 Å². The van der Waals surface area contributed by atoms with Crippen LogP contribution in [0, 0.1) is 5.92 Å². The van der Waals surface area contributed by atoms with Crippen molar-refractivity contribution >= 4 is 5.91 Å². The standard InChI is InChI=1S/C8H16N2O2/c1-10-4-2-7(3-5-10)6-8(11)9-12/h7,12H,2-6H2,1H3,(H,9,11). The van der Waals surface area contributed by atoms with E-state index in [0.29, 0.717) is 12.3 Å². The molecule has 1 aliphatic heterocycles. The average molecular weight is 172 g/mol. The van der Waals surface area contributed by atoms with Crippen molar-refractivity contribution in [3.63, 3.8) is 0 Å². The minimum atomic E-state index is -0.260. The van der Waals surface area contributed by atoms with Crippen LogP contribution in [0.5, 0.6) is 0 Å². The molecule has 1 amide bonds. The molecule has 0 bridgehead atoms. The maximum absolute atomic E-state index is 10.8. The van der Waals surface area contributed by atoms with Crippen molar-refractivity contribution in [2.24, 2.45) is 5.92 Å². The zero-order valence-electron chi connectivity index (χ0n) is 7.42. The number of piperidine rings is 1. The van der Waals surface area contributed by atoms with Gasteiger partial charge in [-0.05, 0) is 38.9 Å². The molecule has 0 atom stereocenters. The molecule has 4 heteroatoms. The Balaban J connectivity index is 2.21. The zero-order chi connectivity index (χ0) is 8.97. The Labute approximate surface area is 72.5 Å². The molecular formula is C8H16N2O2. The van der Waals surface area contributed by atoms with Crippen LogP contribution in [0.15, 0.2) is 0 Å². The molecule has 4 nitrogen and oxygen atoms in total. The third kappa shape index (κ3) is 2.79. The van der Waals surface area contributed by atoms with Crippen LogP contribution in [0.2, 0.25) is 0 Å². The predicted molar refractivity (Wildman–Crippen MR) is 44.8 cm³/mol. The number of carbonyl (C=O) groups is 1. The van der Waals surface area contributed by atoms with Gasteiger partial charge in [0.05, 0.1) is 0 Å². The number of likely N-dealkylation sites (tertiary alicyclic amines) is 1. The number of rotatable bonds is 2. The lowest BCUT2D eigenvalue weighted by atomic mass is 9.94. The van der Waals surface area contributed by atoms with E-state index in [0.717, 1.165) is 25.9 Å². The molecule has 0 aliphatic carbocycles. The molecule has 0 aromatic carbocycles. The molecule has 1 aliphatic rings. The Morgan fingerprint density at radius 3 is 2.67 bits per heavy atom. The van der Waals surface area contributed by atoms with Gasteiger partial charge >= 0.3 is 0 Å². The first-order valence-electron chi connectivity index (χ1n) is 4.34. The van der Waals surface area contributed by atoms with Crippen LogP contribution in [0.1, 0.15) is 19.3 Å². The summed E-state index contributed by atoms with van der Waals surface area (Å²) in [5.74, 6) is 0.193. The molecular weight excluding hydrogens is 156 g/mol. The third-order valence-corrected chi connectivity index (χ3v) is 2.44. The summed E-state index contributed by atoms with van der Waals surface area (Å²) in [6.45, 7) is 2.12. The van der Waals surface area contributed by atoms with E-state index in [1.54, 1.807) is 5.48 Å². The first-order chi connectivity index (χ1) is 5.72. The number of hydrogen-bond donors (Lipinski definition) is 2. The number of hydroxylamine groups is 1. The van der Waals surface area contributed by atoms with E-state index in [2.05, 4.69) is 11.9 Å². The summed E-state index contributed by atoms with van der Waals surface area (Å²) in [6.07, 6.45) is 2.58. The van der Waals surface area contributed by atoms with Crippen molar-refractivity contribution in [1.82, 2.24) is 10.4 Å². The first kappa shape index (κ1) is 9.48. The first-order valence-corrected chi connectivity index (χ1v) is 4.34. The minimum Gasteiger partial charge on any atom is -0.306 e. The molecule has 1 heterocycles. The van der Waals surface area contributed by atoms with Crippen molar-refractivity contribution < 1.29 is 10.0 Å². The highest BCUT2D eigenvalue weighted by molar-refractivity contribution is 5.74. The van der Waals surface area contributed by atoms with E-state index in [1.807, 2.05) is 0 Å². The van der Waals surface area contributed by atoms with E-state index < -0.39 is 0 Å². The Kier molecular flexibility index (Phi) is 3.49. The van der Waals surface area contributed by atoms with Gasteiger partial charge in [-0.1, -0.05) is 0 Å². The largest absolute Gasteiger partial charge is 0.306 e. The maximum Gasteiger partial charge on any atom is 0.243 e. The lowest BCUT2D eigenvalue weighted by Crippen LogP contribution is -2.32. The number of nitrogens with zero attached hydrogens (tertiary/aromatic N) is 1. The summed E-state index contributed by atoms with van der Waals surface area (Å²) >= 11 is 0. The highest BCUT2D eigenvalue weighted by Crippen LogP contribution is 2.18. The van der Waals surface area contributed by atoms with Gasteiger partial charge in [-0.25, -0.2) is 5.48 Å². The Morgan fingerprint density at radius 2 is 2.17 bits per heavy atom. The van der Waals surface area contributed by atoms with E-state index >= 15 is 0 Å². The van der Waals surface area contributed by atoms with Crippen molar-refractivity contribution in [3.05, 3.63) is 0 Å². The van der Waals surface area contributed by atoms with Gasteiger partial charge in [-0.3, -0.25) is 10.0 Å². The lowest BCUT2D eigenvalue weighted by molar-refractivity contribution is -0.130. The summed E-state index contributed by atoms with van der Waals surface area (Å²) in [7, 11) is 2.09. The van der Waals surface area contributed by atoms with Crippen molar-refractivity contribution in [3.8, 4) is 0 Å². The second-order valence-electron chi connectivity index (χ2n) is 3.49. The lowest BCUT2D eigenvalue weighted by Gasteiger charge is -2.28. The van der Waals surface area contributed by atoms with Gasteiger partial charge in [0.1, 0.15) is 0 Å². The molecule has 1 saturated heterocycles. The summed E-state index contributed by atoms with van der Waals surface area (Å²) in [4.78, 5) is 13.0. The second-order valence-corrected chi connectivity index (χ2v) is 3.49. The van der Waals surface area contributed by atoms with Crippen LogP contribution in [-0.4, -0.2) is 36.2 Å². The fourth-order valence-electron chi connectivity index (χ4n) is 1.57. The number of carbonyl (C=O) groups excluding carboxylic acids is 1. The van der Waals surface area contributed by atoms with Crippen LogP contribution in [0.25, 0.3) is 0 Å². The average Bonchev–Trinajstić information content (AvgIpc) is 2.09. The van der Waals surface area contributed by atoms with Crippen LogP contribution < -0.4 is 5.48 Å². The SMILES string of the molecule is CN1CCC(CC(=O)NO)CC1. The number of hydrogen-bond acceptors (Lipinski definition) is 3. The smallest absolute Gasteiger partial charge is 0.243 e. The normalized spacial score (nSPS) is 20.8. The number of nitrogens with one attached hydrogen (secondary N) is 1. The quantitative estimate of drug-likeness (QED) is 0.463. The fraction of sp³-hybridized carbons (Fsp3) is 0.875. The molecule has 1 fully saturated rings. The maximum atomic E-state index is 10.8. The second kappa shape index (κ2) is 4.42.